The van der Waals surface area contributed by atoms with Crippen LogP contribution in [-0.2, 0) is 37.9 Å². The molecular formula is C33H58O20. The highest BCUT2D eigenvalue weighted by Gasteiger charge is 2.54. The van der Waals surface area contributed by atoms with E-state index in [9.17, 15) is 61.3 Å². The van der Waals surface area contributed by atoms with Crippen LogP contribution in [0.5, 0.6) is 0 Å². The molecule has 53 heavy (non-hydrogen) atoms. The molecule has 0 spiro atoms. The third-order valence-corrected chi connectivity index (χ3v) is 9.87. The molecule has 20 heteroatoms. The Bertz CT molecular complexity index is 1060. The van der Waals surface area contributed by atoms with Crippen molar-refractivity contribution in [1.29, 1.82) is 0 Å². The summed E-state index contributed by atoms with van der Waals surface area (Å²) in [6, 6.07) is 0. The van der Waals surface area contributed by atoms with Crippen LogP contribution < -0.4 is 0 Å². The van der Waals surface area contributed by atoms with Gasteiger partial charge in [0.25, 0.3) is 0 Å². The summed E-state index contributed by atoms with van der Waals surface area (Å²) in [4.78, 5) is 0. The number of rotatable bonds is 23. The quantitative estimate of drug-likeness (QED) is 0.0341. The van der Waals surface area contributed by atoms with Crippen molar-refractivity contribution >= 4 is 0 Å². The Labute approximate surface area is 306 Å². The first kappa shape index (κ1) is 44.7. The van der Waals surface area contributed by atoms with Crippen molar-refractivity contribution in [2.75, 3.05) is 33.0 Å². The molecule has 0 unspecified atom stereocenters. The van der Waals surface area contributed by atoms with Gasteiger partial charge in [0.1, 0.15) is 91.6 Å². The molecule has 19 atom stereocenters. The SMILES string of the molecule is C=CCCCCCCCCO[C@@H]1O[C@@H]([C@@H](CO)O[C@@H]2O[C@@H]([C@@H](CO[C@@H]3O[C@@H]([C@H](O)CO)[C@H](O)[C@H]3O)O[C@H]3O[C@H](CO)[C@@H](O)[C@@H]3O)[C@H](O)[C@H]2O)[C@H](O)[C@H]1O. The standard InChI is InChI=1S/C33H58O20/c1-2-3-4-5-6-7-8-9-10-46-30-25(44)21(40)28(52-30)17(13-36)49-33-26(45)22(41)29(53-33)18(50-32-23(42)19(38)16(12-35)48-32)14-47-31-24(43)20(39)27(51-31)15(37)11-34/h2,15-45H,1,3-14H2/t15-,16-,17-,18-,19-,20-,21-,22-,23+,24-,25-,26-,27+,28+,29+,30-,31-,32-,33-/m1/s1. The minimum Gasteiger partial charge on any atom is -0.394 e. The molecule has 4 heterocycles. The Hall–Kier alpha value is -1.06. The normalized spacial score (nSPS) is 42.0. The van der Waals surface area contributed by atoms with Crippen LogP contribution in [0.1, 0.15) is 44.9 Å². The van der Waals surface area contributed by atoms with Crippen LogP contribution in [-0.4, -0.2) is 211 Å². The molecule has 0 radical (unpaired) electrons. The number of hydrogen-bond donors (Lipinski definition) is 12. The molecule has 0 aromatic rings. The van der Waals surface area contributed by atoms with Crippen LogP contribution in [0.4, 0.5) is 0 Å². The third kappa shape index (κ3) is 11.1. The number of allylic oxidation sites excluding steroid dienone is 1. The smallest absolute Gasteiger partial charge is 0.187 e. The molecule has 4 saturated heterocycles. The van der Waals surface area contributed by atoms with Gasteiger partial charge >= 0.3 is 0 Å². The van der Waals surface area contributed by atoms with E-state index < -0.39 is 143 Å². The molecule has 4 aliphatic heterocycles. The van der Waals surface area contributed by atoms with Crippen molar-refractivity contribution in [3.8, 4) is 0 Å². The van der Waals surface area contributed by atoms with Crippen LogP contribution in [0.2, 0.25) is 0 Å². The van der Waals surface area contributed by atoms with E-state index in [1.165, 1.54) is 0 Å². The second kappa shape index (κ2) is 21.5. The molecule has 310 valence electrons. The van der Waals surface area contributed by atoms with Gasteiger partial charge in [-0.3, -0.25) is 0 Å². The molecule has 4 aliphatic rings. The van der Waals surface area contributed by atoms with Gasteiger partial charge in [0.15, 0.2) is 25.2 Å². The number of unbranched alkanes of at least 4 members (excludes halogenated alkanes) is 6. The first-order chi connectivity index (χ1) is 25.4. The second-order valence-corrected chi connectivity index (χ2v) is 13.7. The Balaban J connectivity index is 1.37. The molecule has 0 aromatic heterocycles. The largest absolute Gasteiger partial charge is 0.394 e. The van der Waals surface area contributed by atoms with E-state index in [0.717, 1.165) is 38.5 Å². The Kier molecular flexibility index (Phi) is 18.1. The fourth-order valence-electron chi connectivity index (χ4n) is 6.68. The lowest BCUT2D eigenvalue weighted by atomic mass is 10.0. The number of ether oxygens (including phenoxy) is 8. The molecule has 4 fully saturated rings. The average molecular weight is 775 g/mol. The summed E-state index contributed by atoms with van der Waals surface area (Å²) < 4.78 is 44.9. The number of hydrogen-bond acceptors (Lipinski definition) is 20. The van der Waals surface area contributed by atoms with E-state index in [0.29, 0.717) is 6.42 Å². The average Bonchev–Trinajstić information content (AvgIpc) is 3.81. The van der Waals surface area contributed by atoms with E-state index in [-0.39, 0.29) is 6.61 Å². The predicted molar refractivity (Wildman–Crippen MR) is 174 cm³/mol. The van der Waals surface area contributed by atoms with Gasteiger partial charge in [0, 0.05) is 6.61 Å². The van der Waals surface area contributed by atoms with E-state index in [4.69, 9.17) is 37.9 Å². The maximum absolute atomic E-state index is 11.0. The van der Waals surface area contributed by atoms with Gasteiger partial charge in [0.2, 0.25) is 0 Å². The molecular weight excluding hydrogens is 716 g/mol. The summed E-state index contributed by atoms with van der Waals surface area (Å²) in [5.41, 5.74) is 0. The van der Waals surface area contributed by atoms with Crippen LogP contribution in [0.15, 0.2) is 12.7 Å². The van der Waals surface area contributed by atoms with E-state index >= 15 is 0 Å². The van der Waals surface area contributed by atoms with Gasteiger partial charge in [-0.1, -0.05) is 31.8 Å². The van der Waals surface area contributed by atoms with E-state index in [1.807, 2.05) is 6.08 Å². The summed E-state index contributed by atoms with van der Waals surface area (Å²) in [5, 5.41) is 124. The summed E-state index contributed by atoms with van der Waals surface area (Å²) in [7, 11) is 0. The zero-order valence-corrected chi connectivity index (χ0v) is 29.4. The highest BCUT2D eigenvalue weighted by atomic mass is 16.8. The van der Waals surface area contributed by atoms with E-state index in [1.54, 1.807) is 0 Å². The molecule has 4 rings (SSSR count). The highest BCUT2D eigenvalue weighted by molar-refractivity contribution is 4.97. The van der Waals surface area contributed by atoms with Crippen molar-refractivity contribution < 1.29 is 99.2 Å². The molecule has 0 bridgehead atoms. The fraction of sp³-hybridized carbons (Fsp3) is 0.939. The Morgan fingerprint density at radius 2 is 1.02 bits per heavy atom. The van der Waals surface area contributed by atoms with E-state index in [2.05, 4.69) is 6.58 Å². The minimum atomic E-state index is -1.84. The zero-order chi connectivity index (χ0) is 38.8. The zero-order valence-electron chi connectivity index (χ0n) is 29.4. The Morgan fingerprint density at radius 3 is 1.62 bits per heavy atom. The molecule has 0 saturated carbocycles. The maximum atomic E-state index is 11.0. The molecule has 0 aromatic carbocycles. The first-order valence-electron chi connectivity index (χ1n) is 18.1. The molecule has 12 N–H and O–H groups in total. The lowest BCUT2D eigenvalue weighted by molar-refractivity contribution is -0.270. The summed E-state index contributed by atoms with van der Waals surface area (Å²) >= 11 is 0. The van der Waals surface area contributed by atoms with Crippen LogP contribution >= 0.6 is 0 Å². The third-order valence-electron chi connectivity index (χ3n) is 9.87. The fourth-order valence-corrected chi connectivity index (χ4v) is 6.68. The number of aliphatic hydroxyl groups is 12. The van der Waals surface area contributed by atoms with Gasteiger partial charge in [-0.2, -0.15) is 0 Å². The van der Waals surface area contributed by atoms with Crippen molar-refractivity contribution in [2.45, 2.75) is 162 Å². The van der Waals surface area contributed by atoms with Gasteiger partial charge in [0.05, 0.1) is 26.4 Å². The van der Waals surface area contributed by atoms with Crippen LogP contribution in [0.25, 0.3) is 0 Å². The monoisotopic (exact) mass is 774 g/mol. The van der Waals surface area contributed by atoms with Gasteiger partial charge in [-0.05, 0) is 19.3 Å². The van der Waals surface area contributed by atoms with Crippen molar-refractivity contribution in [3.63, 3.8) is 0 Å². The van der Waals surface area contributed by atoms with Gasteiger partial charge in [-0.25, -0.2) is 0 Å². The second-order valence-electron chi connectivity index (χ2n) is 13.7. The van der Waals surface area contributed by atoms with Gasteiger partial charge in [-0.15, -0.1) is 6.58 Å². The van der Waals surface area contributed by atoms with Crippen molar-refractivity contribution in [1.82, 2.24) is 0 Å². The van der Waals surface area contributed by atoms with Crippen molar-refractivity contribution in [3.05, 3.63) is 12.7 Å². The lowest BCUT2D eigenvalue weighted by Gasteiger charge is -2.30. The predicted octanol–water partition coefficient (Wildman–Crippen LogP) is -5.17. The van der Waals surface area contributed by atoms with Crippen LogP contribution in [0, 0.1) is 0 Å². The van der Waals surface area contributed by atoms with Crippen LogP contribution in [0.3, 0.4) is 0 Å². The maximum Gasteiger partial charge on any atom is 0.187 e. The summed E-state index contributed by atoms with van der Waals surface area (Å²) in [5.74, 6) is 0. The lowest BCUT2D eigenvalue weighted by Crippen LogP contribution is -2.47. The van der Waals surface area contributed by atoms with Crippen molar-refractivity contribution in [2.24, 2.45) is 0 Å². The topological polar surface area (TPSA) is 317 Å². The minimum absolute atomic E-state index is 0.236. The summed E-state index contributed by atoms with van der Waals surface area (Å²) in [6.07, 6.45) is -21.2. The highest BCUT2D eigenvalue weighted by Crippen LogP contribution is 2.34. The Morgan fingerprint density at radius 1 is 0.528 bits per heavy atom. The number of aliphatic hydroxyl groups excluding tert-OH is 12. The molecule has 0 aliphatic carbocycles. The molecule has 20 nitrogen and oxygen atoms in total. The summed E-state index contributed by atoms with van der Waals surface area (Å²) in [6.45, 7) is 0.965. The molecule has 0 amide bonds. The first-order valence-corrected chi connectivity index (χ1v) is 18.1. The van der Waals surface area contributed by atoms with Gasteiger partial charge < -0.3 is 99.2 Å².